The van der Waals surface area contributed by atoms with E-state index in [1.807, 2.05) is 76.5 Å². The summed E-state index contributed by atoms with van der Waals surface area (Å²) < 4.78 is 73.9. The van der Waals surface area contributed by atoms with Gasteiger partial charge >= 0.3 is 69.7 Å². The maximum atomic E-state index is 12.5. The molecule has 0 saturated carbocycles. The van der Waals surface area contributed by atoms with E-state index in [-0.39, 0.29) is 76.6 Å². The zero-order chi connectivity index (χ0) is 43.3. The fourth-order valence-corrected chi connectivity index (χ4v) is 6.78. The third-order valence-electron chi connectivity index (χ3n) is 8.97. The smallest absolute Gasteiger partial charge is 0.744 e. The number of benzene rings is 4. The van der Waals surface area contributed by atoms with Crippen LogP contribution in [0.3, 0.4) is 0 Å². The largest absolute Gasteiger partial charge is 1.00 e. The van der Waals surface area contributed by atoms with Gasteiger partial charge in [0, 0.05) is 43.2 Å². The Morgan fingerprint density at radius 2 is 1.00 bits per heavy atom. The number of rotatable bonds is 13. The Morgan fingerprint density at radius 1 is 0.578 bits per heavy atom. The van der Waals surface area contributed by atoms with Crippen molar-refractivity contribution in [3.05, 3.63) is 114 Å². The molecule has 2 aromatic heterocycles. The van der Waals surface area contributed by atoms with Gasteiger partial charge in [0.1, 0.15) is 10.1 Å². The van der Waals surface area contributed by atoms with Gasteiger partial charge in [-0.25, -0.2) is 8.42 Å². The zero-order valence-electron chi connectivity index (χ0n) is 34.7. The SMILES string of the molecule is O=S(=O)([O-])c1cc(Nc2nc(Nc3ccccc3)nc(N3CCOCC3)n2)ccc1/C=C/c1[c-]cc(Nc2nc(Nc3ccccc3)nc(N3CCOCC3)n2)cc1.O=S(=O)=O.[Na+].[Na+]. The van der Waals surface area contributed by atoms with E-state index in [0.717, 1.165) is 11.4 Å². The minimum Gasteiger partial charge on any atom is -0.744 e. The molecule has 4 heterocycles. The second kappa shape index (κ2) is 24.3. The van der Waals surface area contributed by atoms with Crippen LogP contribution >= 0.6 is 0 Å². The molecule has 0 radical (unpaired) electrons. The molecule has 2 aliphatic rings. The van der Waals surface area contributed by atoms with Crippen molar-refractivity contribution in [2.75, 3.05) is 83.7 Å². The summed E-state index contributed by atoms with van der Waals surface area (Å²) in [5.41, 5.74) is 3.41. The first-order chi connectivity index (χ1) is 30.0. The first kappa shape index (κ1) is 49.9. The van der Waals surface area contributed by atoms with Gasteiger partial charge in [0.2, 0.25) is 35.7 Å². The molecular weight excluding hydrogens is 887 g/mol. The second-order valence-electron chi connectivity index (χ2n) is 13.3. The van der Waals surface area contributed by atoms with Gasteiger partial charge < -0.3 is 45.1 Å². The van der Waals surface area contributed by atoms with Crippen LogP contribution in [0.4, 0.5) is 58.4 Å². The number of aromatic nitrogens is 6. The molecular formula is C40H38N12Na2O8S2. The minimum atomic E-state index is -4.89. The molecule has 2 saturated heterocycles. The first-order valence-corrected chi connectivity index (χ1v) is 21.4. The summed E-state index contributed by atoms with van der Waals surface area (Å²) in [5.74, 6) is 2.11. The number of hydrogen-bond donors (Lipinski definition) is 4. The van der Waals surface area contributed by atoms with Gasteiger partial charge in [-0.15, -0.1) is 43.0 Å². The Morgan fingerprint density at radius 3 is 1.42 bits per heavy atom. The predicted molar refractivity (Wildman–Crippen MR) is 230 cm³/mol. The van der Waals surface area contributed by atoms with Gasteiger partial charge in [-0.05, 0) is 47.6 Å². The summed E-state index contributed by atoms with van der Waals surface area (Å²) in [6.07, 6.45) is 3.22. The van der Waals surface area contributed by atoms with Crippen molar-refractivity contribution >= 4 is 91.3 Å². The summed E-state index contributed by atoms with van der Waals surface area (Å²) in [6.45, 7) is 4.70. The van der Waals surface area contributed by atoms with Crippen LogP contribution in [0.1, 0.15) is 11.1 Å². The van der Waals surface area contributed by atoms with E-state index in [0.29, 0.717) is 93.3 Å². The Labute approximate surface area is 414 Å². The Kier molecular flexibility index (Phi) is 18.9. The molecule has 24 heteroatoms. The standard InChI is InChI=1S/C40H39N12O5S.2Na.O3S/c53-58(54,55)34-27-33(44-38-46-36(42-31-9-5-2-6-10-31)48-40(50-38)52-21-25-57-26-22-52)18-15-29(34)14-11-28-12-16-32(17-13-28)43-37-45-35(41-30-7-3-1-4-8-30)47-39(49-37)51-19-23-56-24-20-51;;;1-4(2)3/h1-12,14-18,27H,19-26H2,(H,53,54,55)(H2,41,43,45,47,49)(H2,42,44,46,48,50);;;/q-1;2*+1;/p-1/b14-11+;;;. The van der Waals surface area contributed by atoms with Crippen molar-refractivity contribution < 1.29 is 94.2 Å². The van der Waals surface area contributed by atoms with Crippen LogP contribution in [0.2, 0.25) is 0 Å². The van der Waals surface area contributed by atoms with E-state index in [1.165, 1.54) is 6.07 Å². The topological polar surface area (TPSA) is 259 Å². The molecule has 6 aromatic rings. The van der Waals surface area contributed by atoms with Gasteiger partial charge in [0.05, 0.1) is 31.3 Å². The normalized spacial score (nSPS) is 13.6. The fraction of sp³-hybridized carbons (Fsp3) is 0.200. The van der Waals surface area contributed by atoms with Gasteiger partial charge in [0.15, 0.2) is 0 Å². The number of para-hydroxylation sites is 2. The molecule has 64 heavy (non-hydrogen) atoms. The average Bonchev–Trinajstić information content (AvgIpc) is 3.27. The van der Waals surface area contributed by atoms with Crippen LogP contribution < -0.4 is 90.2 Å². The molecule has 0 spiro atoms. The minimum absolute atomic E-state index is 0. The van der Waals surface area contributed by atoms with Crippen LogP contribution in [-0.2, 0) is 30.2 Å². The molecule has 4 N–H and O–H groups in total. The molecule has 2 aliphatic heterocycles. The van der Waals surface area contributed by atoms with E-state index in [1.54, 1.807) is 36.4 Å². The van der Waals surface area contributed by atoms with E-state index < -0.39 is 25.6 Å². The first-order valence-electron chi connectivity index (χ1n) is 19.0. The molecule has 0 unspecified atom stereocenters. The van der Waals surface area contributed by atoms with Crippen molar-refractivity contribution in [1.82, 2.24) is 29.9 Å². The summed E-state index contributed by atoms with van der Waals surface area (Å²) in [7, 11) is -8.00. The molecule has 20 nitrogen and oxygen atoms in total. The van der Waals surface area contributed by atoms with Crippen molar-refractivity contribution in [1.29, 1.82) is 0 Å². The van der Waals surface area contributed by atoms with Crippen LogP contribution in [-0.4, -0.2) is 108 Å². The number of ether oxygens (including phenoxy) is 2. The molecule has 0 amide bonds. The number of anilines is 10. The quantitative estimate of drug-likeness (QED) is 0.0449. The van der Waals surface area contributed by atoms with E-state index in [4.69, 9.17) is 22.1 Å². The van der Waals surface area contributed by atoms with E-state index in [9.17, 15) is 13.0 Å². The van der Waals surface area contributed by atoms with Gasteiger partial charge in [0.25, 0.3) is 0 Å². The van der Waals surface area contributed by atoms with Crippen LogP contribution in [0, 0.1) is 6.07 Å². The molecule has 8 rings (SSSR count). The van der Waals surface area contributed by atoms with E-state index >= 15 is 0 Å². The molecule has 320 valence electrons. The third kappa shape index (κ3) is 15.0. The maximum absolute atomic E-state index is 12.5. The van der Waals surface area contributed by atoms with Crippen LogP contribution in [0.15, 0.2) is 102 Å². The third-order valence-corrected chi connectivity index (χ3v) is 9.86. The molecule has 0 atom stereocenters. The fourth-order valence-electron chi connectivity index (χ4n) is 6.09. The maximum Gasteiger partial charge on any atom is 1.00 e. The number of nitrogens with zero attached hydrogens (tertiary/aromatic N) is 8. The van der Waals surface area contributed by atoms with E-state index in [2.05, 4.69) is 57.2 Å². The average molecular weight is 925 g/mol. The molecule has 2 fully saturated rings. The number of hydrogen-bond acceptors (Lipinski definition) is 20. The summed E-state index contributed by atoms with van der Waals surface area (Å²) >= 11 is 0. The van der Waals surface area contributed by atoms with Gasteiger partial charge in [-0.2, -0.15) is 35.5 Å². The van der Waals surface area contributed by atoms with Crippen molar-refractivity contribution in [3.8, 4) is 0 Å². The Balaban J connectivity index is 0.00000123. The van der Waals surface area contributed by atoms with Crippen molar-refractivity contribution in [2.45, 2.75) is 4.90 Å². The number of nitrogens with one attached hydrogen (secondary N) is 4. The van der Waals surface area contributed by atoms with Crippen LogP contribution in [0.5, 0.6) is 0 Å². The molecule has 4 aromatic carbocycles. The van der Waals surface area contributed by atoms with Gasteiger partial charge in [-0.3, -0.25) is 0 Å². The van der Waals surface area contributed by atoms with Gasteiger partial charge in [-0.1, -0.05) is 48.5 Å². The predicted octanol–water partition coefficient (Wildman–Crippen LogP) is -1.42. The zero-order valence-corrected chi connectivity index (χ0v) is 40.3. The van der Waals surface area contributed by atoms with Crippen molar-refractivity contribution in [2.24, 2.45) is 0 Å². The number of morpholine rings is 2. The molecule has 0 aliphatic carbocycles. The Hall–Kier alpha value is -5.11. The van der Waals surface area contributed by atoms with Crippen LogP contribution in [0.25, 0.3) is 12.2 Å². The monoisotopic (exact) mass is 924 g/mol. The van der Waals surface area contributed by atoms with Crippen molar-refractivity contribution in [3.63, 3.8) is 0 Å². The Bertz CT molecular complexity index is 2720. The summed E-state index contributed by atoms with van der Waals surface area (Å²) in [5, 5.41) is 12.7. The summed E-state index contributed by atoms with van der Waals surface area (Å²) in [4.78, 5) is 31.2. The molecule has 0 bridgehead atoms. The summed E-state index contributed by atoms with van der Waals surface area (Å²) in [6, 6.07) is 32.0. The second-order valence-corrected chi connectivity index (χ2v) is 15.0.